The Labute approximate surface area is 110 Å². The molecule has 0 fully saturated rings. The first-order valence-corrected chi connectivity index (χ1v) is 5.70. The maximum Gasteiger partial charge on any atom is 0.251 e. The largest absolute Gasteiger partial charge is 0.396 e. The van der Waals surface area contributed by atoms with E-state index in [1.54, 1.807) is 0 Å². The molecule has 3 N–H and O–H groups in total. The number of rotatable bonds is 3. The van der Waals surface area contributed by atoms with Gasteiger partial charge in [0.25, 0.3) is 5.91 Å². The Morgan fingerprint density at radius 2 is 2.06 bits per heavy atom. The van der Waals surface area contributed by atoms with Gasteiger partial charge < -0.3 is 11.1 Å². The van der Waals surface area contributed by atoms with Crippen molar-refractivity contribution in [2.75, 3.05) is 5.73 Å². The Balaban J connectivity index is 2.87. The van der Waals surface area contributed by atoms with Crippen LogP contribution in [0.4, 0.5) is 5.69 Å². The van der Waals surface area contributed by atoms with E-state index in [4.69, 9.17) is 35.4 Å². The molecular formula is C12H12Cl2N2O. The van der Waals surface area contributed by atoms with E-state index in [1.165, 1.54) is 12.1 Å². The highest BCUT2D eigenvalue weighted by Gasteiger charge is 2.12. The van der Waals surface area contributed by atoms with Gasteiger partial charge in [0, 0.05) is 18.0 Å². The Morgan fingerprint density at radius 1 is 1.53 bits per heavy atom. The summed E-state index contributed by atoms with van der Waals surface area (Å²) < 4.78 is 0. The molecule has 1 unspecified atom stereocenters. The van der Waals surface area contributed by atoms with E-state index in [-0.39, 0.29) is 27.7 Å². The minimum atomic E-state index is -0.281. The number of hydrogen-bond donors (Lipinski definition) is 2. The fourth-order valence-electron chi connectivity index (χ4n) is 1.25. The highest BCUT2D eigenvalue weighted by Crippen LogP contribution is 2.28. The summed E-state index contributed by atoms with van der Waals surface area (Å²) in [5.74, 6) is 2.19. The Bertz CT molecular complexity index is 457. The summed E-state index contributed by atoms with van der Waals surface area (Å²) in [5.41, 5.74) is 6.20. The van der Waals surface area contributed by atoms with Crippen molar-refractivity contribution in [3.8, 4) is 12.3 Å². The van der Waals surface area contributed by atoms with Crippen LogP contribution in [-0.4, -0.2) is 11.9 Å². The van der Waals surface area contributed by atoms with E-state index in [1.807, 2.05) is 6.92 Å². The summed E-state index contributed by atoms with van der Waals surface area (Å²) in [7, 11) is 0. The molecule has 0 spiro atoms. The van der Waals surface area contributed by atoms with Gasteiger partial charge in [-0.15, -0.1) is 12.3 Å². The zero-order valence-electron chi connectivity index (χ0n) is 9.26. The predicted molar refractivity (Wildman–Crippen MR) is 71.3 cm³/mol. The predicted octanol–water partition coefficient (Wildman–Crippen LogP) is 2.72. The Morgan fingerprint density at radius 3 is 2.53 bits per heavy atom. The van der Waals surface area contributed by atoms with Crippen molar-refractivity contribution in [2.45, 2.75) is 19.4 Å². The number of carbonyl (C=O) groups excluding carboxylic acids is 1. The van der Waals surface area contributed by atoms with Crippen molar-refractivity contribution >= 4 is 34.8 Å². The maximum absolute atomic E-state index is 11.8. The van der Waals surface area contributed by atoms with Crippen molar-refractivity contribution in [3.05, 3.63) is 27.7 Å². The maximum atomic E-state index is 11.8. The van der Waals surface area contributed by atoms with Crippen LogP contribution >= 0.6 is 23.2 Å². The van der Waals surface area contributed by atoms with Crippen molar-refractivity contribution < 1.29 is 4.79 Å². The first-order chi connectivity index (χ1) is 7.95. The normalized spacial score (nSPS) is 11.6. The summed E-state index contributed by atoms with van der Waals surface area (Å²) >= 11 is 11.7. The third-order valence-corrected chi connectivity index (χ3v) is 2.77. The van der Waals surface area contributed by atoms with Crippen LogP contribution in [0.25, 0.3) is 0 Å². The fourth-order valence-corrected chi connectivity index (χ4v) is 1.74. The monoisotopic (exact) mass is 270 g/mol. The minimum absolute atomic E-state index is 0.109. The number of anilines is 1. The molecule has 1 rings (SSSR count). The average Bonchev–Trinajstić information content (AvgIpc) is 2.25. The fraction of sp³-hybridized carbons (Fsp3) is 0.250. The standard InChI is InChI=1S/C12H12Cl2N2O/c1-3-4-7(2)16-12(17)8-5-9(13)11(15)10(14)6-8/h1,5-7H,4,15H2,2H3,(H,16,17). The first-order valence-electron chi connectivity index (χ1n) is 4.94. The van der Waals surface area contributed by atoms with Gasteiger partial charge in [-0.2, -0.15) is 0 Å². The minimum Gasteiger partial charge on any atom is -0.396 e. The molecular weight excluding hydrogens is 259 g/mol. The molecule has 0 aromatic heterocycles. The molecule has 1 aromatic rings. The molecule has 0 aliphatic rings. The lowest BCUT2D eigenvalue weighted by molar-refractivity contribution is 0.0941. The van der Waals surface area contributed by atoms with E-state index in [2.05, 4.69) is 11.2 Å². The zero-order chi connectivity index (χ0) is 13.0. The van der Waals surface area contributed by atoms with Crippen molar-refractivity contribution in [1.82, 2.24) is 5.32 Å². The number of terminal acetylenes is 1. The number of benzene rings is 1. The molecule has 17 heavy (non-hydrogen) atoms. The SMILES string of the molecule is C#CCC(C)NC(=O)c1cc(Cl)c(N)c(Cl)c1. The highest BCUT2D eigenvalue weighted by atomic mass is 35.5. The number of carbonyl (C=O) groups is 1. The van der Waals surface area contributed by atoms with Crippen LogP contribution in [0.1, 0.15) is 23.7 Å². The van der Waals surface area contributed by atoms with E-state index in [9.17, 15) is 4.79 Å². The third kappa shape index (κ3) is 3.55. The molecule has 1 aromatic carbocycles. The summed E-state index contributed by atoms with van der Waals surface area (Å²) in [6.45, 7) is 1.82. The van der Waals surface area contributed by atoms with Crippen LogP contribution in [-0.2, 0) is 0 Å². The van der Waals surface area contributed by atoms with E-state index in [0.717, 1.165) is 0 Å². The topological polar surface area (TPSA) is 55.1 Å². The van der Waals surface area contributed by atoms with E-state index < -0.39 is 0 Å². The van der Waals surface area contributed by atoms with Gasteiger partial charge in [0.05, 0.1) is 15.7 Å². The number of halogens is 2. The van der Waals surface area contributed by atoms with Crippen LogP contribution in [0.2, 0.25) is 10.0 Å². The van der Waals surface area contributed by atoms with Gasteiger partial charge in [0.15, 0.2) is 0 Å². The molecule has 5 heteroatoms. The lowest BCUT2D eigenvalue weighted by Crippen LogP contribution is -2.32. The van der Waals surface area contributed by atoms with Crippen LogP contribution < -0.4 is 11.1 Å². The quantitative estimate of drug-likeness (QED) is 0.656. The van der Waals surface area contributed by atoms with Gasteiger partial charge in [-0.25, -0.2) is 0 Å². The van der Waals surface area contributed by atoms with Crippen LogP contribution in [0.15, 0.2) is 12.1 Å². The number of amides is 1. The summed E-state index contributed by atoms with van der Waals surface area (Å²) in [5, 5.41) is 3.24. The zero-order valence-corrected chi connectivity index (χ0v) is 10.8. The van der Waals surface area contributed by atoms with Crippen molar-refractivity contribution in [3.63, 3.8) is 0 Å². The average molecular weight is 271 g/mol. The van der Waals surface area contributed by atoms with E-state index >= 15 is 0 Å². The van der Waals surface area contributed by atoms with Crippen LogP contribution in [0, 0.1) is 12.3 Å². The Hall–Kier alpha value is -1.37. The van der Waals surface area contributed by atoms with Crippen LogP contribution in [0.3, 0.4) is 0 Å². The third-order valence-electron chi connectivity index (χ3n) is 2.14. The smallest absolute Gasteiger partial charge is 0.251 e. The summed E-state index contributed by atoms with van der Waals surface area (Å²) in [4.78, 5) is 11.8. The lowest BCUT2D eigenvalue weighted by atomic mass is 10.1. The second-order valence-electron chi connectivity index (χ2n) is 3.64. The Kier molecular flexibility index (Phi) is 4.68. The number of nitrogens with two attached hydrogens (primary N) is 1. The number of nitrogen functional groups attached to an aromatic ring is 1. The van der Waals surface area contributed by atoms with E-state index in [0.29, 0.717) is 12.0 Å². The molecule has 3 nitrogen and oxygen atoms in total. The van der Waals surface area contributed by atoms with Gasteiger partial charge in [0.2, 0.25) is 0 Å². The molecule has 0 aliphatic heterocycles. The number of nitrogens with one attached hydrogen (secondary N) is 1. The van der Waals surface area contributed by atoms with Gasteiger partial charge >= 0.3 is 0 Å². The number of hydrogen-bond acceptors (Lipinski definition) is 2. The van der Waals surface area contributed by atoms with Crippen molar-refractivity contribution in [1.29, 1.82) is 0 Å². The molecule has 90 valence electrons. The van der Waals surface area contributed by atoms with Gasteiger partial charge in [0.1, 0.15) is 0 Å². The van der Waals surface area contributed by atoms with Gasteiger partial charge in [-0.3, -0.25) is 4.79 Å². The molecule has 1 atom stereocenters. The molecule has 0 saturated carbocycles. The van der Waals surface area contributed by atoms with Crippen molar-refractivity contribution in [2.24, 2.45) is 0 Å². The molecule has 0 heterocycles. The molecule has 0 bridgehead atoms. The molecule has 0 aliphatic carbocycles. The molecule has 1 amide bonds. The first kappa shape index (κ1) is 13.7. The summed E-state index contributed by atoms with van der Waals surface area (Å²) in [6.07, 6.45) is 5.61. The molecule has 0 saturated heterocycles. The van der Waals surface area contributed by atoms with Crippen LogP contribution in [0.5, 0.6) is 0 Å². The van der Waals surface area contributed by atoms with Gasteiger partial charge in [-0.1, -0.05) is 23.2 Å². The lowest BCUT2D eigenvalue weighted by Gasteiger charge is -2.12. The second kappa shape index (κ2) is 5.81. The second-order valence-corrected chi connectivity index (χ2v) is 4.45. The highest BCUT2D eigenvalue weighted by molar-refractivity contribution is 6.39. The molecule has 0 radical (unpaired) electrons. The summed E-state index contributed by atoms with van der Waals surface area (Å²) in [6, 6.07) is 2.84. The van der Waals surface area contributed by atoms with Gasteiger partial charge in [-0.05, 0) is 19.1 Å².